The summed E-state index contributed by atoms with van der Waals surface area (Å²) in [6.07, 6.45) is 0. The molecule has 2 aromatic rings. The molecule has 0 radical (unpaired) electrons. The average molecular weight is 331 g/mol. The van der Waals surface area contributed by atoms with Crippen molar-refractivity contribution in [1.29, 1.82) is 0 Å². The van der Waals surface area contributed by atoms with Gasteiger partial charge in [0.15, 0.2) is 5.89 Å². The molecule has 0 atom stereocenters. The Morgan fingerprint density at radius 3 is 2.58 bits per heavy atom. The minimum Gasteiger partial charge on any atom is -0.436 e. The molecule has 1 amide bonds. The van der Waals surface area contributed by atoms with Crippen molar-refractivity contribution in [2.75, 3.05) is 5.32 Å². The molecule has 0 aliphatic rings. The number of nitrogens with zero attached hydrogens (tertiary/aromatic N) is 1. The fraction of sp³-hybridized carbons (Fsp3) is 0.167. The molecule has 0 bridgehead atoms. The van der Waals surface area contributed by atoms with Gasteiger partial charge in [0.05, 0.1) is 15.9 Å². The first-order valence-corrected chi connectivity index (χ1v) is 6.07. The van der Waals surface area contributed by atoms with Gasteiger partial charge in [0.1, 0.15) is 11.6 Å². The van der Waals surface area contributed by atoms with Gasteiger partial charge in [-0.25, -0.2) is 13.8 Å². The number of carbonyl (C=O) groups is 1. The first kappa shape index (κ1) is 13.7. The highest BCUT2D eigenvalue weighted by molar-refractivity contribution is 9.10. The molecular weight excluding hydrogens is 322 g/mol. The number of aromatic nitrogens is 1. The summed E-state index contributed by atoms with van der Waals surface area (Å²) in [5.41, 5.74) is 0.118. The van der Waals surface area contributed by atoms with Crippen LogP contribution in [0.4, 0.5) is 14.5 Å². The number of anilines is 1. The highest BCUT2D eigenvalue weighted by Crippen LogP contribution is 2.24. The van der Waals surface area contributed by atoms with E-state index in [-0.39, 0.29) is 15.9 Å². The second-order valence-corrected chi connectivity index (χ2v) is 4.70. The van der Waals surface area contributed by atoms with Crippen molar-refractivity contribution in [2.45, 2.75) is 13.8 Å². The molecule has 0 fully saturated rings. The first-order valence-electron chi connectivity index (χ1n) is 5.28. The third-order valence-electron chi connectivity index (χ3n) is 2.37. The lowest BCUT2D eigenvalue weighted by Crippen LogP contribution is -2.13. The van der Waals surface area contributed by atoms with E-state index >= 15 is 0 Å². The molecule has 4 nitrogen and oxygen atoms in total. The lowest BCUT2D eigenvalue weighted by Gasteiger charge is -2.06. The number of aryl methyl sites for hydroxylation is 2. The molecule has 0 aliphatic heterocycles. The molecule has 0 saturated carbocycles. The van der Waals surface area contributed by atoms with Crippen molar-refractivity contribution < 1.29 is 18.0 Å². The lowest BCUT2D eigenvalue weighted by molar-refractivity contribution is 0.0994. The molecule has 0 saturated heterocycles. The summed E-state index contributed by atoms with van der Waals surface area (Å²) in [6, 6.07) is 1.82. The highest BCUT2D eigenvalue weighted by Gasteiger charge is 2.18. The van der Waals surface area contributed by atoms with Crippen LogP contribution in [0.3, 0.4) is 0 Å². The van der Waals surface area contributed by atoms with Crippen molar-refractivity contribution in [3.8, 4) is 0 Å². The van der Waals surface area contributed by atoms with Crippen LogP contribution in [0.25, 0.3) is 0 Å². The number of carbonyl (C=O) groups excluding carboxylic acids is 1. The van der Waals surface area contributed by atoms with E-state index in [4.69, 9.17) is 4.42 Å². The second kappa shape index (κ2) is 5.08. The van der Waals surface area contributed by atoms with E-state index in [9.17, 15) is 13.6 Å². The molecule has 100 valence electrons. The van der Waals surface area contributed by atoms with Gasteiger partial charge in [-0.1, -0.05) is 0 Å². The molecular formula is C12H9BrF2N2O2. The van der Waals surface area contributed by atoms with Crippen LogP contribution in [0.5, 0.6) is 0 Å². The van der Waals surface area contributed by atoms with Crippen LogP contribution in [0, 0.1) is 25.5 Å². The van der Waals surface area contributed by atoms with Crippen LogP contribution in [-0.2, 0) is 0 Å². The summed E-state index contributed by atoms with van der Waals surface area (Å²) >= 11 is 2.85. The molecule has 19 heavy (non-hydrogen) atoms. The summed E-state index contributed by atoms with van der Waals surface area (Å²) < 4.78 is 31.9. The number of oxazole rings is 1. The smallest absolute Gasteiger partial charge is 0.293 e. The topological polar surface area (TPSA) is 55.1 Å². The summed E-state index contributed by atoms with van der Waals surface area (Å²) in [5.74, 6) is -1.82. The molecule has 1 N–H and O–H groups in total. The Morgan fingerprint density at radius 1 is 1.32 bits per heavy atom. The van der Waals surface area contributed by atoms with Gasteiger partial charge >= 0.3 is 0 Å². The van der Waals surface area contributed by atoms with Gasteiger partial charge in [0.2, 0.25) is 5.76 Å². The number of nitrogens with one attached hydrogen (secondary N) is 1. The maximum atomic E-state index is 13.6. The van der Waals surface area contributed by atoms with E-state index in [1.807, 2.05) is 0 Å². The van der Waals surface area contributed by atoms with Crippen LogP contribution in [-0.4, -0.2) is 10.9 Å². The van der Waals surface area contributed by atoms with Crippen LogP contribution >= 0.6 is 15.9 Å². The maximum absolute atomic E-state index is 13.6. The molecule has 0 unspecified atom stereocenters. The summed E-state index contributed by atoms with van der Waals surface area (Å²) in [6.45, 7) is 3.17. The van der Waals surface area contributed by atoms with Crippen molar-refractivity contribution in [3.63, 3.8) is 0 Å². The Balaban J connectivity index is 2.29. The number of rotatable bonds is 2. The van der Waals surface area contributed by atoms with E-state index in [0.29, 0.717) is 11.6 Å². The van der Waals surface area contributed by atoms with E-state index < -0.39 is 17.5 Å². The average Bonchev–Trinajstić information content (AvgIpc) is 2.65. The summed E-state index contributed by atoms with van der Waals surface area (Å²) in [7, 11) is 0. The van der Waals surface area contributed by atoms with E-state index in [2.05, 4.69) is 26.2 Å². The van der Waals surface area contributed by atoms with Crippen molar-refractivity contribution in [1.82, 2.24) is 4.98 Å². The second-order valence-electron chi connectivity index (χ2n) is 3.85. The number of hydrogen-bond acceptors (Lipinski definition) is 3. The normalized spacial score (nSPS) is 10.6. The zero-order valence-electron chi connectivity index (χ0n) is 10.1. The Bertz CT molecular complexity index is 655. The molecule has 1 aromatic carbocycles. The quantitative estimate of drug-likeness (QED) is 0.856. The minimum atomic E-state index is -0.754. The van der Waals surface area contributed by atoms with E-state index in [0.717, 1.165) is 12.1 Å². The predicted molar refractivity (Wildman–Crippen MR) is 68.0 cm³/mol. The molecule has 0 aliphatic carbocycles. The SMILES string of the molecule is Cc1nc(C)c(C(=O)Nc2cc(F)c(Br)cc2F)o1. The Hall–Kier alpha value is -1.76. The Labute approximate surface area is 116 Å². The van der Waals surface area contributed by atoms with Gasteiger partial charge in [-0.3, -0.25) is 4.79 Å². The zero-order valence-corrected chi connectivity index (χ0v) is 11.6. The van der Waals surface area contributed by atoms with Crippen molar-refractivity contribution >= 4 is 27.5 Å². The summed E-state index contributed by atoms with van der Waals surface area (Å²) in [5, 5.41) is 2.24. The van der Waals surface area contributed by atoms with Crippen LogP contribution in [0.1, 0.15) is 22.1 Å². The monoisotopic (exact) mass is 330 g/mol. The Kier molecular flexibility index (Phi) is 3.66. The van der Waals surface area contributed by atoms with Gasteiger partial charge < -0.3 is 9.73 Å². The van der Waals surface area contributed by atoms with Crippen LogP contribution in [0.15, 0.2) is 21.0 Å². The number of amides is 1. The Morgan fingerprint density at radius 2 is 2.00 bits per heavy atom. The van der Waals surface area contributed by atoms with Crippen LogP contribution < -0.4 is 5.32 Å². The van der Waals surface area contributed by atoms with Crippen LogP contribution in [0.2, 0.25) is 0 Å². The standard InChI is InChI=1S/C12H9BrF2N2O2/c1-5-11(19-6(2)16-5)12(18)17-10-4-8(14)7(13)3-9(10)15/h3-4H,1-2H3,(H,17,18). The van der Waals surface area contributed by atoms with Crippen molar-refractivity contribution in [3.05, 3.63) is 45.6 Å². The van der Waals surface area contributed by atoms with Crippen molar-refractivity contribution in [2.24, 2.45) is 0 Å². The minimum absolute atomic E-state index is 0.0188. The molecule has 1 heterocycles. The number of hydrogen-bond donors (Lipinski definition) is 1. The fourth-order valence-corrected chi connectivity index (χ4v) is 1.85. The largest absolute Gasteiger partial charge is 0.436 e. The molecule has 7 heteroatoms. The maximum Gasteiger partial charge on any atom is 0.293 e. The van der Waals surface area contributed by atoms with Gasteiger partial charge in [0, 0.05) is 13.0 Å². The molecule has 1 aromatic heterocycles. The first-order chi connectivity index (χ1) is 8.88. The zero-order chi connectivity index (χ0) is 14.2. The van der Waals surface area contributed by atoms with Gasteiger partial charge in [0.25, 0.3) is 5.91 Å². The van der Waals surface area contributed by atoms with Gasteiger partial charge in [-0.2, -0.15) is 0 Å². The molecule has 2 rings (SSSR count). The highest BCUT2D eigenvalue weighted by atomic mass is 79.9. The molecule has 0 spiro atoms. The summed E-state index contributed by atoms with van der Waals surface area (Å²) in [4.78, 5) is 15.8. The van der Waals surface area contributed by atoms with E-state index in [1.54, 1.807) is 13.8 Å². The number of benzene rings is 1. The third kappa shape index (κ3) is 2.81. The van der Waals surface area contributed by atoms with E-state index in [1.165, 1.54) is 0 Å². The van der Waals surface area contributed by atoms with Gasteiger partial charge in [-0.15, -0.1) is 0 Å². The number of halogens is 3. The fourth-order valence-electron chi connectivity index (χ4n) is 1.54. The third-order valence-corrected chi connectivity index (χ3v) is 2.98. The van der Waals surface area contributed by atoms with Gasteiger partial charge in [-0.05, 0) is 28.9 Å². The predicted octanol–water partition coefficient (Wildman–Crippen LogP) is 3.58. The lowest BCUT2D eigenvalue weighted by atomic mass is 10.2.